The minimum Gasteiger partial charge on any atom is -0.294 e. The molecule has 0 aromatic carbocycles. The Labute approximate surface area is 87.7 Å². The maximum absolute atomic E-state index is 13.4. The van der Waals surface area contributed by atoms with E-state index < -0.39 is 6.17 Å². The summed E-state index contributed by atoms with van der Waals surface area (Å²) in [5.41, 5.74) is 0.199. The zero-order chi connectivity index (χ0) is 10.9. The van der Waals surface area contributed by atoms with Crippen LogP contribution in [0.15, 0.2) is 0 Å². The van der Waals surface area contributed by atoms with E-state index in [4.69, 9.17) is 0 Å². The van der Waals surface area contributed by atoms with Gasteiger partial charge in [-0.3, -0.25) is 4.90 Å². The molecule has 1 nitrogen and oxygen atoms in total. The monoisotopic (exact) mass is 201 g/mol. The van der Waals surface area contributed by atoms with Crippen LogP contribution in [0.5, 0.6) is 0 Å². The summed E-state index contributed by atoms with van der Waals surface area (Å²) >= 11 is 0. The summed E-state index contributed by atoms with van der Waals surface area (Å²) in [5, 5.41) is 0. The van der Waals surface area contributed by atoms with E-state index in [2.05, 4.69) is 39.5 Å². The minimum atomic E-state index is -0.617. The van der Waals surface area contributed by atoms with Crippen molar-refractivity contribution in [3.8, 4) is 0 Å². The number of likely N-dealkylation sites (tertiary alicyclic amines) is 1. The summed E-state index contributed by atoms with van der Waals surface area (Å²) in [7, 11) is 0. The van der Waals surface area contributed by atoms with Crippen molar-refractivity contribution in [3.63, 3.8) is 0 Å². The van der Waals surface area contributed by atoms with Crippen LogP contribution < -0.4 is 0 Å². The van der Waals surface area contributed by atoms with Crippen molar-refractivity contribution in [1.82, 2.24) is 4.90 Å². The quantitative estimate of drug-likeness (QED) is 0.663. The van der Waals surface area contributed by atoms with Crippen LogP contribution in [0.2, 0.25) is 0 Å². The first kappa shape index (κ1) is 12.0. The molecule has 3 atom stereocenters. The van der Waals surface area contributed by atoms with E-state index in [0.717, 1.165) is 6.42 Å². The summed E-state index contributed by atoms with van der Waals surface area (Å²) in [4.78, 5) is 2.35. The van der Waals surface area contributed by atoms with Crippen molar-refractivity contribution >= 4 is 0 Å². The molecule has 1 aliphatic rings. The summed E-state index contributed by atoms with van der Waals surface area (Å²) < 4.78 is 13.4. The normalized spacial score (nSPS) is 32.1. The van der Waals surface area contributed by atoms with Crippen molar-refractivity contribution in [2.24, 2.45) is 5.41 Å². The van der Waals surface area contributed by atoms with Crippen molar-refractivity contribution in [2.45, 2.75) is 65.7 Å². The van der Waals surface area contributed by atoms with Crippen LogP contribution >= 0.6 is 0 Å². The molecule has 2 heteroatoms. The average molecular weight is 201 g/mol. The molecule has 0 radical (unpaired) electrons. The number of alkyl halides is 1. The molecule has 1 heterocycles. The fourth-order valence-corrected chi connectivity index (χ4v) is 2.38. The van der Waals surface area contributed by atoms with Crippen molar-refractivity contribution < 1.29 is 4.39 Å². The summed E-state index contributed by atoms with van der Waals surface area (Å²) in [6.45, 7) is 11.7. The molecule has 1 fully saturated rings. The van der Waals surface area contributed by atoms with Gasteiger partial charge in [0.2, 0.25) is 0 Å². The smallest absolute Gasteiger partial charge is 0.114 e. The van der Waals surface area contributed by atoms with Gasteiger partial charge in [0.25, 0.3) is 0 Å². The lowest BCUT2D eigenvalue weighted by Crippen LogP contribution is -2.44. The first-order valence-corrected chi connectivity index (χ1v) is 5.76. The highest BCUT2D eigenvalue weighted by Gasteiger charge is 2.40. The lowest BCUT2D eigenvalue weighted by atomic mass is 9.84. The highest BCUT2D eigenvalue weighted by atomic mass is 19.1. The van der Waals surface area contributed by atoms with Crippen molar-refractivity contribution in [3.05, 3.63) is 0 Å². The van der Waals surface area contributed by atoms with Crippen molar-refractivity contribution in [1.29, 1.82) is 0 Å². The summed E-state index contributed by atoms with van der Waals surface area (Å²) in [5.74, 6) is 0. The van der Waals surface area contributed by atoms with Gasteiger partial charge in [-0.25, -0.2) is 4.39 Å². The molecule has 0 N–H and O–H groups in total. The largest absolute Gasteiger partial charge is 0.294 e. The number of halogens is 1. The fraction of sp³-hybridized carbons (Fsp3) is 1.00. The van der Waals surface area contributed by atoms with E-state index in [-0.39, 0.29) is 5.41 Å². The van der Waals surface area contributed by atoms with Crippen LogP contribution in [0.1, 0.15) is 47.5 Å². The predicted octanol–water partition coefficient (Wildman–Crippen LogP) is 3.24. The molecule has 1 rings (SSSR count). The second-order valence-electron chi connectivity index (χ2n) is 5.67. The third-order valence-corrected chi connectivity index (χ3v) is 3.44. The Morgan fingerprint density at radius 1 is 1.43 bits per heavy atom. The average Bonchev–Trinajstić information content (AvgIpc) is 2.45. The van der Waals surface area contributed by atoms with Gasteiger partial charge in [0.15, 0.2) is 0 Å². The van der Waals surface area contributed by atoms with Crippen molar-refractivity contribution in [2.75, 3.05) is 6.54 Å². The minimum absolute atomic E-state index is 0.199. The van der Waals surface area contributed by atoms with Crippen LogP contribution in [0.3, 0.4) is 0 Å². The topological polar surface area (TPSA) is 3.24 Å². The number of nitrogens with zero attached hydrogens (tertiary/aromatic N) is 1. The van der Waals surface area contributed by atoms with E-state index in [0.29, 0.717) is 25.0 Å². The number of hydrogen-bond donors (Lipinski definition) is 0. The maximum atomic E-state index is 13.4. The molecule has 0 saturated carbocycles. The molecular formula is C12H24FN. The van der Waals surface area contributed by atoms with Crippen LogP contribution in [0.25, 0.3) is 0 Å². The molecule has 0 aromatic heterocycles. The summed E-state index contributed by atoms with van der Waals surface area (Å²) in [6, 6.07) is 0.924. The van der Waals surface area contributed by atoms with Gasteiger partial charge in [0.05, 0.1) is 0 Å². The van der Waals surface area contributed by atoms with Crippen LogP contribution in [0.4, 0.5) is 4.39 Å². The van der Waals surface area contributed by atoms with Gasteiger partial charge in [0.1, 0.15) is 6.17 Å². The molecule has 3 unspecified atom stereocenters. The molecule has 1 aliphatic heterocycles. The van der Waals surface area contributed by atoms with Gasteiger partial charge < -0.3 is 0 Å². The maximum Gasteiger partial charge on any atom is 0.114 e. The Bertz CT molecular complexity index is 185. The molecule has 1 saturated heterocycles. The lowest BCUT2D eigenvalue weighted by Gasteiger charge is -2.38. The molecule has 0 aliphatic carbocycles. The van der Waals surface area contributed by atoms with Gasteiger partial charge in [-0.1, -0.05) is 27.7 Å². The van der Waals surface area contributed by atoms with Gasteiger partial charge in [0, 0.05) is 18.6 Å². The third-order valence-electron chi connectivity index (χ3n) is 3.44. The van der Waals surface area contributed by atoms with E-state index in [1.807, 2.05) is 0 Å². The second-order valence-corrected chi connectivity index (χ2v) is 5.67. The second kappa shape index (κ2) is 4.18. The van der Waals surface area contributed by atoms with Gasteiger partial charge in [-0.2, -0.15) is 0 Å². The Morgan fingerprint density at radius 2 is 2.00 bits per heavy atom. The molecular weight excluding hydrogens is 177 g/mol. The zero-order valence-corrected chi connectivity index (χ0v) is 10.2. The third kappa shape index (κ3) is 2.47. The Hall–Kier alpha value is -0.110. The predicted molar refractivity (Wildman–Crippen MR) is 59.2 cm³/mol. The number of rotatable bonds is 2. The molecule has 0 bridgehead atoms. The van der Waals surface area contributed by atoms with E-state index in [1.54, 1.807) is 0 Å². The molecule has 0 spiro atoms. The summed E-state index contributed by atoms with van der Waals surface area (Å²) in [6.07, 6.45) is 1.21. The first-order valence-electron chi connectivity index (χ1n) is 5.76. The van der Waals surface area contributed by atoms with Gasteiger partial charge in [-0.15, -0.1) is 0 Å². The van der Waals surface area contributed by atoms with Gasteiger partial charge in [-0.05, 0) is 25.2 Å². The Morgan fingerprint density at radius 3 is 2.43 bits per heavy atom. The zero-order valence-electron chi connectivity index (χ0n) is 10.2. The first-order chi connectivity index (χ1) is 6.36. The van der Waals surface area contributed by atoms with E-state index >= 15 is 0 Å². The van der Waals surface area contributed by atoms with Crippen LogP contribution in [0, 0.1) is 5.41 Å². The van der Waals surface area contributed by atoms with E-state index in [9.17, 15) is 4.39 Å². The highest BCUT2D eigenvalue weighted by Crippen LogP contribution is 2.35. The molecule has 0 amide bonds. The van der Waals surface area contributed by atoms with Crippen LogP contribution in [-0.4, -0.2) is 29.7 Å². The lowest BCUT2D eigenvalue weighted by molar-refractivity contribution is 0.101. The standard InChI is InChI=1S/C12H24FN/c1-6-9(2)14-8-10(13)7-11(14)12(3,4)5/h9-11H,6-8H2,1-5H3. The Kier molecular flexibility index (Phi) is 3.57. The molecule has 84 valence electrons. The Balaban J connectivity index is 2.73. The van der Waals surface area contributed by atoms with Crippen LogP contribution in [-0.2, 0) is 0 Å². The molecule has 0 aromatic rings. The molecule has 14 heavy (non-hydrogen) atoms. The van der Waals surface area contributed by atoms with Gasteiger partial charge >= 0.3 is 0 Å². The highest BCUT2D eigenvalue weighted by molar-refractivity contribution is 4.94. The fourth-order valence-electron chi connectivity index (χ4n) is 2.38. The SMILES string of the molecule is CCC(C)N1CC(F)CC1C(C)(C)C. The van der Waals surface area contributed by atoms with E-state index in [1.165, 1.54) is 0 Å². The number of hydrogen-bond acceptors (Lipinski definition) is 1.